The van der Waals surface area contributed by atoms with E-state index in [2.05, 4.69) is 101 Å². The van der Waals surface area contributed by atoms with Crippen LogP contribution in [0.3, 0.4) is 0 Å². The van der Waals surface area contributed by atoms with Gasteiger partial charge in [-0.25, -0.2) is 4.98 Å². The molecule has 0 radical (unpaired) electrons. The standard InChI is InChI=1S/C34H32N3O.Pd/c1-21-17-18-35-31(19-21)37-28-10-8-7-9-25(28)34(5,6)26-13-11-22(20-29(26)37)27-15-12-23-24(33(2,3)4)14-16-30(38)32(23)36-27;/h7-19,38H,1-6H3;/q-1;. The van der Waals surface area contributed by atoms with E-state index in [1.165, 1.54) is 11.1 Å². The van der Waals surface area contributed by atoms with Crippen LogP contribution in [0.1, 0.15) is 56.9 Å². The van der Waals surface area contributed by atoms with Crippen molar-refractivity contribution < 1.29 is 25.5 Å². The summed E-state index contributed by atoms with van der Waals surface area (Å²) in [6.07, 6.45) is 1.86. The van der Waals surface area contributed by atoms with E-state index in [1.54, 1.807) is 6.07 Å². The fourth-order valence-corrected chi connectivity index (χ4v) is 5.66. The quantitative estimate of drug-likeness (QED) is 0.162. The van der Waals surface area contributed by atoms with Crippen molar-refractivity contribution >= 4 is 28.1 Å². The van der Waals surface area contributed by atoms with Gasteiger partial charge in [0.05, 0.1) is 0 Å². The Morgan fingerprint density at radius 1 is 0.897 bits per heavy atom. The Morgan fingerprint density at radius 3 is 2.41 bits per heavy atom. The Bertz CT molecular complexity index is 1720. The fraction of sp³-hybridized carbons (Fsp3) is 0.235. The van der Waals surface area contributed by atoms with Gasteiger partial charge in [0.15, 0.2) is 0 Å². The first-order chi connectivity index (χ1) is 18.1. The number of para-hydroxylation sites is 1. The van der Waals surface area contributed by atoms with Gasteiger partial charge in [0.2, 0.25) is 0 Å². The van der Waals surface area contributed by atoms with Gasteiger partial charge in [-0.3, -0.25) is 4.98 Å². The Morgan fingerprint density at radius 2 is 1.67 bits per heavy atom. The molecule has 0 saturated carbocycles. The molecular weight excluding hydrogens is 573 g/mol. The molecule has 39 heavy (non-hydrogen) atoms. The number of aromatic hydroxyl groups is 1. The number of aromatic nitrogens is 2. The van der Waals surface area contributed by atoms with Crippen LogP contribution in [-0.4, -0.2) is 15.1 Å². The van der Waals surface area contributed by atoms with Gasteiger partial charge >= 0.3 is 0 Å². The van der Waals surface area contributed by atoms with E-state index in [-0.39, 0.29) is 37.0 Å². The monoisotopic (exact) mass is 604 g/mol. The molecule has 1 aliphatic heterocycles. The van der Waals surface area contributed by atoms with Crippen LogP contribution in [0.15, 0.2) is 79.0 Å². The van der Waals surface area contributed by atoms with Gasteiger partial charge in [-0.1, -0.05) is 76.6 Å². The number of phenols is 1. The van der Waals surface area contributed by atoms with E-state index < -0.39 is 0 Å². The van der Waals surface area contributed by atoms with Crippen LogP contribution in [0.4, 0.5) is 17.2 Å². The Kier molecular flexibility index (Phi) is 6.66. The molecule has 0 spiro atoms. The third-order valence-corrected chi connectivity index (χ3v) is 7.69. The zero-order valence-electron chi connectivity index (χ0n) is 23.1. The Hall–Kier alpha value is -3.52. The summed E-state index contributed by atoms with van der Waals surface area (Å²) >= 11 is 0. The second-order valence-electron chi connectivity index (χ2n) is 11.8. The minimum atomic E-state index is -0.210. The first-order valence-electron chi connectivity index (χ1n) is 13.1. The normalized spacial score (nSPS) is 13.9. The van der Waals surface area contributed by atoms with E-state index >= 15 is 0 Å². The zero-order valence-corrected chi connectivity index (χ0v) is 24.7. The minimum absolute atomic E-state index is 0. The molecule has 0 saturated heterocycles. The largest absolute Gasteiger partial charge is 0.506 e. The molecule has 6 rings (SSSR count). The number of pyridine rings is 2. The molecule has 0 bridgehead atoms. The summed E-state index contributed by atoms with van der Waals surface area (Å²) in [6, 6.07) is 28.5. The maximum Gasteiger partial charge on any atom is 0.140 e. The van der Waals surface area contributed by atoms with Crippen molar-refractivity contribution in [2.45, 2.75) is 52.4 Å². The molecule has 200 valence electrons. The van der Waals surface area contributed by atoms with Gasteiger partial charge in [-0.2, -0.15) is 0 Å². The van der Waals surface area contributed by atoms with Gasteiger partial charge in [-0.15, -0.1) is 23.8 Å². The van der Waals surface area contributed by atoms with Crippen LogP contribution >= 0.6 is 0 Å². The number of rotatable bonds is 2. The molecule has 0 atom stereocenters. The predicted molar refractivity (Wildman–Crippen MR) is 156 cm³/mol. The first-order valence-corrected chi connectivity index (χ1v) is 13.1. The summed E-state index contributed by atoms with van der Waals surface area (Å²) < 4.78 is 0. The van der Waals surface area contributed by atoms with Crippen molar-refractivity contribution in [1.29, 1.82) is 0 Å². The van der Waals surface area contributed by atoms with Crippen LogP contribution in [0.2, 0.25) is 0 Å². The molecule has 3 heterocycles. The molecule has 1 aliphatic rings. The number of phenolic OH excluding ortho intramolecular Hbond substituents is 1. The second kappa shape index (κ2) is 9.59. The predicted octanol–water partition coefficient (Wildman–Crippen LogP) is 8.52. The van der Waals surface area contributed by atoms with Gasteiger partial charge in [-0.05, 0) is 70.1 Å². The number of hydrogen-bond donors (Lipinski definition) is 1. The van der Waals surface area contributed by atoms with E-state index in [1.807, 2.05) is 24.4 Å². The van der Waals surface area contributed by atoms with Gasteiger partial charge in [0.1, 0.15) is 17.1 Å². The van der Waals surface area contributed by atoms with Crippen LogP contribution in [0.5, 0.6) is 5.75 Å². The molecule has 1 N–H and O–H groups in total. The molecule has 0 amide bonds. The van der Waals surface area contributed by atoms with Gasteiger partial charge in [0, 0.05) is 37.7 Å². The molecule has 2 aromatic heterocycles. The molecular formula is C34H32N3OPd-. The number of aryl methyl sites for hydroxylation is 1. The number of anilines is 3. The van der Waals surface area contributed by atoms with Gasteiger partial charge in [0.25, 0.3) is 0 Å². The number of nitrogens with zero attached hydrogens (tertiary/aromatic N) is 3. The maximum atomic E-state index is 10.7. The van der Waals surface area contributed by atoms with E-state index in [0.717, 1.165) is 45.0 Å². The van der Waals surface area contributed by atoms with Crippen molar-refractivity contribution in [1.82, 2.24) is 9.97 Å². The summed E-state index contributed by atoms with van der Waals surface area (Å²) in [4.78, 5) is 11.9. The SMILES string of the molecule is Cc1ccnc(N2c3[c-]c(-c4ccc5c(C(C)(C)C)ccc(O)c5n4)ccc3C(C)(C)c3ccccc32)c1.[Pd]. The fourth-order valence-electron chi connectivity index (χ4n) is 5.66. The van der Waals surface area contributed by atoms with Crippen LogP contribution < -0.4 is 4.90 Å². The average Bonchev–Trinajstić information content (AvgIpc) is 2.88. The van der Waals surface area contributed by atoms with Crippen molar-refractivity contribution in [3.05, 3.63) is 107 Å². The van der Waals surface area contributed by atoms with Crippen molar-refractivity contribution in [3.63, 3.8) is 0 Å². The van der Waals surface area contributed by atoms with E-state index in [9.17, 15) is 5.11 Å². The summed E-state index contributed by atoms with van der Waals surface area (Å²) in [5.74, 6) is 1.05. The second-order valence-corrected chi connectivity index (χ2v) is 11.8. The number of fused-ring (bicyclic) bond motifs is 3. The molecule has 5 heteroatoms. The summed E-state index contributed by atoms with van der Waals surface area (Å²) in [5, 5.41) is 11.7. The number of benzene rings is 3. The van der Waals surface area contributed by atoms with Crippen LogP contribution in [0, 0.1) is 13.0 Å². The molecule has 0 aliphatic carbocycles. The zero-order chi connectivity index (χ0) is 26.8. The average molecular weight is 605 g/mol. The van der Waals surface area contributed by atoms with E-state index in [4.69, 9.17) is 9.97 Å². The number of hydrogen-bond acceptors (Lipinski definition) is 4. The topological polar surface area (TPSA) is 49.2 Å². The van der Waals surface area contributed by atoms with Crippen molar-refractivity contribution in [2.24, 2.45) is 0 Å². The molecule has 3 aromatic carbocycles. The van der Waals surface area contributed by atoms with Crippen molar-refractivity contribution in [3.8, 4) is 17.0 Å². The van der Waals surface area contributed by atoms with Crippen LogP contribution in [0.25, 0.3) is 22.2 Å². The van der Waals surface area contributed by atoms with Crippen molar-refractivity contribution in [2.75, 3.05) is 4.90 Å². The van der Waals surface area contributed by atoms with Crippen LogP contribution in [-0.2, 0) is 31.3 Å². The molecule has 5 aromatic rings. The minimum Gasteiger partial charge on any atom is -0.506 e. The summed E-state index contributed by atoms with van der Waals surface area (Å²) in [5.41, 5.74) is 8.81. The Labute approximate surface area is 244 Å². The molecule has 0 fully saturated rings. The Balaban J connectivity index is 0.00000308. The third kappa shape index (κ3) is 4.44. The first kappa shape index (κ1) is 27.1. The summed E-state index contributed by atoms with van der Waals surface area (Å²) in [6.45, 7) is 13.1. The van der Waals surface area contributed by atoms with E-state index in [0.29, 0.717) is 5.52 Å². The maximum absolute atomic E-state index is 10.7. The summed E-state index contributed by atoms with van der Waals surface area (Å²) in [7, 11) is 0. The smallest absolute Gasteiger partial charge is 0.140 e. The van der Waals surface area contributed by atoms with Gasteiger partial charge < -0.3 is 10.0 Å². The molecule has 4 nitrogen and oxygen atoms in total. The third-order valence-electron chi connectivity index (χ3n) is 7.69. The molecule has 0 unspecified atom stereocenters.